The van der Waals surface area contributed by atoms with Gasteiger partial charge in [0.1, 0.15) is 5.57 Å². The first kappa shape index (κ1) is 15.5. The Morgan fingerprint density at radius 1 is 1.04 bits per heavy atom. The highest BCUT2D eigenvalue weighted by molar-refractivity contribution is 6.31. The predicted molar refractivity (Wildman–Crippen MR) is 87.8 cm³/mol. The van der Waals surface area contributed by atoms with Crippen LogP contribution in [0.3, 0.4) is 0 Å². The van der Waals surface area contributed by atoms with Crippen LogP contribution in [0.15, 0.2) is 60.2 Å². The summed E-state index contributed by atoms with van der Waals surface area (Å²) in [6, 6.07) is 15.3. The number of ether oxygens (including phenoxy) is 1. The Morgan fingerprint density at radius 2 is 1.71 bits per heavy atom. The van der Waals surface area contributed by atoms with Crippen molar-refractivity contribution in [3.8, 4) is 0 Å². The van der Waals surface area contributed by atoms with Crippen molar-refractivity contribution in [2.24, 2.45) is 0 Å². The van der Waals surface area contributed by atoms with E-state index in [1.165, 1.54) is 18.2 Å². The van der Waals surface area contributed by atoms with Gasteiger partial charge in [0.25, 0.3) is 11.8 Å². The van der Waals surface area contributed by atoms with Gasteiger partial charge in [-0.15, -0.1) is 0 Å². The topological polar surface area (TPSA) is 75.7 Å². The van der Waals surface area contributed by atoms with E-state index < -0.39 is 17.8 Å². The van der Waals surface area contributed by atoms with Crippen LogP contribution in [0.4, 0.5) is 5.69 Å². The lowest BCUT2D eigenvalue weighted by Gasteiger charge is -2.13. The van der Waals surface area contributed by atoms with E-state index in [4.69, 9.17) is 0 Å². The first-order valence-electron chi connectivity index (χ1n) is 7.20. The van der Waals surface area contributed by atoms with Gasteiger partial charge in [-0.05, 0) is 35.9 Å². The molecule has 0 saturated carbocycles. The standard InChI is InChI=1S/C18H14N2O4/c1-24-18(23)13-9-7-12(8-10-13)11-15-16(21)19-20(17(15)22)14-5-3-2-4-6-14/h2-11H,1H3,(H,19,21)/b15-11-. The monoisotopic (exact) mass is 322 g/mol. The number of hydrogen-bond donors (Lipinski definition) is 1. The molecular weight excluding hydrogens is 308 g/mol. The number of amides is 2. The van der Waals surface area contributed by atoms with Gasteiger partial charge in [-0.3, -0.25) is 15.0 Å². The molecule has 6 heteroatoms. The number of para-hydroxylation sites is 1. The molecule has 0 bridgehead atoms. The van der Waals surface area contributed by atoms with Crippen LogP contribution in [0.5, 0.6) is 0 Å². The van der Waals surface area contributed by atoms with Gasteiger partial charge in [0, 0.05) is 0 Å². The lowest BCUT2D eigenvalue weighted by atomic mass is 10.1. The summed E-state index contributed by atoms with van der Waals surface area (Å²) in [6.45, 7) is 0. The van der Waals surface area contributed by atoms with Crippen molar-refractivity contribution >= 4 is 29.5 Å². The molecule has 1 heterocycles. The summed E-state index contributed by atoms with van der Waals surface area (Å²) in [5, 5.41) is 1.21. The third kappa shape index (κ3) is 2.89. The number of benzene rings is 2. The predicted octanol–water partition coefficient (Wildman–Crippen LogP) is 1.93. The number of anilines is 1. The molecule has 0 radical (unpaired) electrons. The van der Waals surface area contributed by atoms with Gasteiger partial charge in [-0.1, -0.05) is 30.3 Å². The first-order chi connectivity index (χ1) is 11.6. The summed E-state index contributed by atoms with van der Waals surface area (Å²) in [5.41, 5.74) is 4.18. The van der Waals surface area contributed by atoms with Crippen molar-refractivity contribution in [2.75, 3.05) is 12.1 Å². The van der Waals surface area contributed by atoms with E-state index in [1.807, 2.05) is 6.07 Å². The second kappa shape index (κ2) is 6.37. The number of nitrogens with one attached hydrogen (secondary N) is 1. The maximum atomic E-state index is 12.4. The zero-order valence-electron chi connectivity index (χ0n) is 12.9. The average Bonchev–Trinajstić information content (AvgIpc) is 2.90. The Balaban J connectivity index is 1.86. The van der Waals surface area contributed by atoms with Crippen molar-refractivity contribution in [2.45, 2.75) is 0 Å². The molecule has 2 amide bonds. The SMILES string of the molecule is COC(=O)c1ccc(/C=C2/C(=O)NN(c3ccccc3)C2=O)cc1. The van der Waals surface area contributed by atoms with Gasteiger partial charge in [-0.25, -0.2) is 9.80 Å². The fourth-order valence-electron chi connectivity index (χ4n) is 2.32. The smallest absolute Gasteiger partial charge is 0.337 e. The molecule has 3 rings (SSSR count). The maximum Gasteiger partial charge on any atom is 0.337 e. The minimum atomic E-state index is -0.471. The van der Waals surface area contributed by atoms with Crippen LogP contribution in [-0.4, -0.2) is 24.9 Å². The molecule has 0 aromatic heterocycles. The molecule has 1 saturated heterocycles. The van der Waals surface area contributed by atoms with Crippen LogP contribution in [-0.2, 0) is 14.3 Å². The number of nitrogens with zero attached hydrogens (tertiary/aromatic N) is 1. The number of carbonyl (C=O) groups is 3. The quantitative estimate of drug-likeness (QED) is 0.532. The second-order valence-electron chi connectivity index (χ2n) is 5.09. The lowest BCUT2D eigenvalue weighted by molar-refractivity contribution is -0.117. The molecule has 0 atom stereocenters. The minimum Gasteiger partial charge on any atom is -0.465 e. The average molecular weight is 322 g/mol. The van der Waals surface area contributed by atoms with Crippen molar-refractivity contribution in [3.63, 3.8) is 0 Å². The minimum absolute atomic E-state index is 0.0321. The van der Waals surface area contributed by atoms with Gasteiger partial charge in [0.15, 0.2) is 0 Å². The van der Waals surface area contributed by atoms with Crippen molar-refractivity contribution in [1.29, 1.82) is 0 Å². The Hall–Kier alpha value is -3.41. The number of rotatable bonds is 3. The van der Waals surface area contributed by atoms with E-state index in [0.29, 0.717) is 16.8 Å². The van der Waals surface area contributed by atoms with Crippen LogP contribution in [0.25, 0.3) is 6.08 Å². The van der Waals surface area contributed by atoms with Crippen molar-refractivity contribution in [3.05, 3.63) is 71.3 Å². The van der Waals surface area contributed by atoms with Crippen molar-refractivity contribution < 1.29 is 19.1 Å². The largest absolute Gasteiger partial charge is 0.465 e. The lowest BCUT2D eigenvalue weighted by Crippen LogP contribution is -2.35. The summed E-state index contributed by atoms with van der Waals surface area (Å²) in [7, 11) is 1.30. The molecular formula is C18H14N2O4. The summed E-state index contributed by atoms with van der Waals surface area (Å²) < 4.78 is 4.63. The Labute approximate surface area is 138 Å². The van der Waals surface area contributed by atoms with Crippen LogP contribution in [0.2, 0.25) is 0 Å². The zero-order valence-corrected chi connectivity index (χ0v) is 12.9. The molecule has 6 nitrogen and oxygen atoms in total. The molecule has 1 N–H and O–H groups in total. The Bertz CT molecular complexity index is 826. The van der Waals surface area contributed by atoms with Gasteiger partial charge in [-0.2, -0.15) is 0 Å². The zero-order chi connectivity index (χ0) is 17.1. The van der Waals surface area contributed by atoms with Crippen LogP contribution in [0, 0.1) is 0 Å². The molecule has 1 fully saturated rings. The molecule has 24 heavy (non-hydrogen) atoms. The Kier molecular flexibility index (Phi) is 4.11. The first-order valence-corrected chi connectivity index (χ1v) is 7.20. The number of hydrazine groups is 1. The van der Waals surface area contributed by atoms with E-state index in [2.05, 4.69) is 10.2 Å². The fraction of sp³-hybridized carbons (Fsp3) is 0.0556. The number of methoxy groups -OCH3 is 1. The van der Waals surface area contributed by atoms with Crippen LogP contribution >= 0.6 is 0 Å². The highest BCUT2D eigenvalue weighted by Gasteiger charge is 2.34. The molecule has 1 aliphatic heterocycles. The number of hydrogen-bond acceptors (Lipinski definition) is 4. The molecule has 2 aromatic rings. The van der Waals surface area contributed by atoms with E-state index in [0.717, 1.165) is 0 Å². The van der Waals surface area contributed by atoms with Gasteiger partial charge in [0.05, 0.1) is 18.4 Å². The number of esters is 1. The second-order valence-corrected chi connectivity index (χ2v) is 5.09. The summed E-state index contributed by atoms with van der Waals surface area (Å²) in [4.78, 5) is 35.9. The van der Waals surface area contributed by atoms with E-state index >= 15 is 0 Å². The third-order valence-electron chi connectivity index (χ3n) is 3.55. The van der Waals surface area contributed by atoms with Gasteiger partial charge >= 0.3 is 5.97 Å². The van der Waals surface area contributed by atoms with Gasteiger partial charge < -0.3 is 4.74 Å². The molecule has 0 spiro atoms. The number of carbonyl (C=O) groups excluding carboxylic acids is 3. The maximum absolute atomic E-state index is 12.4. The van der Waals surface area contributed by atoms with Crippen molar-refractivity contribution in [1.82, 2.24) is 5.43 Å². The summed E-state index contributed by atoms with van der Waals surface area (Å²) in [6.07, 6.45) is 1.49. The molecule has 0 unspecified atom stereocenters. The third-order valence-corrected chi connectivity index (χ3v) is 3.55. The summed E-state index contributed by atoms with van der Waals surface area (Å²) in [5.74, 6) is -1.34. The Morgan fingerprint density at radius 3 is 2.33 bits per heavy atom. The summed E-state index contributed by atoms with van der Waals surface area (Å²) >= 11 is 0. The molecule has 0 aliphatic carbocycles. The highest BCUT2D eigenvalue weighted by Crippen LogP contribution is 2.21. The van der Waals surface area contributed by atoms with E-state index in [1.54, 1.807) is 48.5 Å². The van der Waals surface area contributed by atoms with Gasteiger partial charge in [0.2, 0.25) is 0 Å². The van der Waals surface area contributed by atoms with Crippen LogP contribution in [0.1, 0.15) is 15.9 Å². The highest BCUT2D eigenvalue weighted by atomic mass is 16.5. The molecule has 1 aliphatic rings. The molecule has 2 aromatic carbocycles. The fourth-order valence-corrected chi connectivity index (χ4v) is 2.32. The van der Waals surface area contributed by atoms with E-state index in [-0.39, 0.29) is 5.57 Å². The van der Waals surface area contributed by atoms with E-state index in [9.17, 15) is 14.4 Å². The normalized spacial score (nSPS) is 15.5. The molecule has 120 valence electrons. The van der Waals surface area contributed by atoms with Crippen LogP contribution < -0.4 is 10.4 Å².